The number of anilines is 2. The van der Waals surface area contributed by atoms with E-state index in [0.717, 1.165) is 64.2 Å². The Labute approximate surface area is 205 Å². The van der Waals surface area contributed by atoms with E-state index < -0.39 is 11.7 Å². The Hall–Kier alpha value is -2.81. The fraction of sp³-hybridized carbons (Fsp3) is 0.538. The lowest BCUT2D eigenvalue weighted by Gasteiger charge is -2.34. The summed E-state index contributed by atoms with van der Waals surface area (Å²) in [5.74, 6) is 0.110. The average molecular weight is 490 g/mol. The highest BCUT2D eigenvalue weighted by atomic mass is 19.4. The fourth-order valence-electron chi connectivity index (χ4n) is 4.85. The molecule has 0 unspecified atom stereocenters. The Morgan fingerprint density at radius 1 is 1.06 bits per heavy atom. The van der Waals surface area contributed by atoms with Crippen molar-refractivity contribution in [1.82, 2.24) is 14.8 Å². The number of piperidine rings is 1. The minimum atomic E-state index is -4.43. The topological polar surface area (TPSA) is 51.7 Å². The summed E-state index contributed by atoms with van der Waals surface area (Å²) in [6.07, 6.45) is 0.945. The summed E-state index contributed by atoms with van der Waals surface area (Å²) in [7, 11) is 0. The van der Waals surface area contributed by atoms with E-state index in [0.29, 0.717) is 25.2 Å². The van der Waals surface area contributed by atoms with E-state index in [9.17, 15) is 18.0 Å². The van der Waals surface area contributed by atoms with Crippen molar-refractivity contribution >= 4 is 17.3 Å². The zero-order valence-corrected chi connectivity index (χ0v) is 20.2. The molecule has 0 aliphatic carbocycles. The van der Waals surface area contributed by atoms with E-state index >= 15 is 0 Å². The van der Waals surface area contributed by atoms with Gasteiger partial charge in [0, 0.05) is 69.8 Å². The lowest BCUT2D eigenvalue weighted by atomic mass is 10.0. The van der Waals surface area contributed by atoms with Crippen molar-refractivity contribution < 1.29 is 18.0 Å². The van der Waals surface area contributed by atoms with Crippen molar-refractivity contribution in [3.63, 3.8) is 0 Å². The van der Waals surface area contributed by atoms with E-state index in [4.69, 9.17) is 0 Å². The van der Waals surface area contributed by atoms with Crippen LogP contribution in [0, 0.1) is 6.92 Å². The van der Waals surface area contributed by atoms with Gasteiger partial charge in [0.25, 0.3) is 0 Å². The van der Waals surface area contributed by atoms with Gasteiger partial charge < -0.3 is 20.0 Å². The molecular weight excluding hydrogens is 455 g/mol. The van der Waals surface area contributed by atoms with Gasteiger partial charge in [-0.3, -0.25) is 9.78 Å². The van der Waals surface area contributed by atoms with Gasteiger partial charge in [0.2, 0.25) is 5.91 Å². The highest BCUT2D eigenvalue weighted by Gasteiger charge is 2.31. The molecule has 2 aliphatic rings. The molecule has 2 aromatic rings. The van der Waals surface area contributed by atoms with Crippen LogP contribution in [0.1, 0.15) is 36.8 Å². The highest BCUT2D eigenvalue weighted by molar-refractivity contribution is 5.76. The van der Waals surface area contributed by atoms with E-state index in [1.165, 1.54) is 17.4 Å². The number of pyridine rings is 1. The molecule has 9 heteroatoms. The van der Waals surface area contributed by atoms with Crippen LogP contribution in [0.25, 0.3) is 0 Å². The molecule has 1 N–H and O–H groups in total. The Morgan fingerprint density at radius 2 is 1.86 bits per heavy atom. The molecule has 1 aromatic heterocycles. The summed E-state index contributed by atoms with van der Waals surface area (Å²) in [5, 5.41) is 3.14. The molecule has 3 heterocycles. The number of carbonyl (C=O) groups is 1. The number of aryl methyl sites for hydroxylation is 1. The molecule has 6 nitrogen and oxygen atoms in total. The van der Waals surface area contributed by atoms with E-state index in [1.54, 1.807) is 0 Å². The Morgan fingerprint density at radius 3 is 2.63 bits per heavy atom. The van der Waals surface area contributed by atoms with E-state index in [1.807, 2.05) is 4.90 Å². The van der Waals surface area contributed by atoms with Gasteiger partial charge in [0.05, 0.1) is 11.3 Å². The monoisotopic (exact) mass is 489 g/mol. The van der Waals surface area contributed by atoms with Gasteiger partial charge in [0.15, 0.2) is 0 Å². The van der Waals surface area contributed by atoms with Crippen LogP contribution in [-0.2, 0) is 11.0 Å². The number of rotatable bonds is 6. The number of amides is 1. The normalized spacial score (nSPS) is 19.9. The summed E-state index contributed by atoms with van der Waals surface area (Å²) in [6.45, 7) is 7.86. The van der Waals surface area contributed by atoms with Gasteiger partial charge in [-0.05, 0) is 50.9 Å². The number of hydrogen-bond acceptors (Lipinski definition) is 5. The summed E-state index contributed by atoms with van der Waals surface area (Å²) >= 11 is 0. The fourth-order valence-corrected chi connectivity index (χ4v) is 4.85. The van der Waals surface area contributed by atoms with Gasteiger partial charge >= 0.3 is 6.18 Å². The predicted molar refractivity (Wildman–Crippen MR) is 132 cm³/mol. The maximum Gasteiger partial charge on any atom is 0.417 e. The molecule has 0 spiro atoms. The maximum atomic E-state index is 13.0. The molecule has 0 radical (unpaired) electrons. The molecule has 0 saturated carbocycles. The van der Waals surface area contributed by atoms with Crippen molar-refractivity contribution in [2.45, 2.75) is 44.8 Å². The zero-order chi connectivity index (χ0) is 24.8. The number of halogens is 3. The largest absolute Gasteiger partial charge is 0.417 e. The number of benzene rings is 1. The van der Waals surface area contributed by atoms with Crippen LogP contribution in [0.4, 0.5) is 24.5 Å². The quantitative estimate of drug-likeness (QED) is 0.651. The molecule has 2 saturated heterocycles. The van der Waals surface area contributed by atoms with Crippen LogP contribution in [0.2, 0.25) is 0 Å². The second-order valence-electron chi connectivity index (χ2n) is 9.55. The number of alkyl halides is 3. The van der Waals surface area contributed by atoms with Crippen molar-refractivity contribution in [2.75, 3.05) is 56.0 Å². The smallest absolute Gasteiger partial charge is 0.379 e. The third-order valence-electron chi connectivity index (χ3n) is 6.84. The molecule has 1 amide bonds. The molecule has 1 aromatic carbocycles. The zero-order valence-electron chi connectivity index (χ0n) is 20.2. The van der Waals surface area contributed by atoms with Gasteiger partial charge in [0.1, 0.15) is 0 Å². The molecule has 2 fully saturated rings. The first kappa shape index (κ1) is 25.3. The van der Waals surface area contributed by atoms with Gasteiger partial charge in [-0.2, -0.15) is 13.2 Å². The second-order valence-corrected chi connectivity index (χ2v) is 9.55. The summed E-state index contributed by atoms with van der Waals surface area (Å²) < 4.78 is 38.9. The third-order valence-corrected chi connectivity index (χ3v) is 6.84. The van der Waals surface area contributed by atoms with Crippen molar-refractivity contribution in [3.8, 4) is 0 Å². The summed E-state index contributed by atoms with van der Waals surface area (Å²) in [6, 6.07) is 9.61. The maximum absolute atomic E-state index is 13.0. The number of hydrogen-bond donors (Lipinski definition) is 1. The molecule has 0 bridgehead atoms. The van der Waals surface area contributed by atoms with Crippen molar-refractivity contribution in [1.29, 1.82) is 0 Å². The van der Waals surface area contributed by atoms with Crippen LogP contribution in [0.5, 0.6) is 0 Å². The number of likely N-dealkylation sites (tertiary alicyclic amines) is 1. The van der Waals surface area contributed by atoms with Crippen LogP contribution >= 0.6 is 0 Å². The van der Waals surface area contributed by atoms with Gasteiger partial charge in [-0.25, -0.2) is 0 Å². The lowest BCUT2D eigenvalue weighted by molar-refractivity contribution is -0.137. The van der Waals surface area contributed by atoms with Crippen LogP contribution < -0.4 is 10.2 Å². The summed E-state index contributed by atoms with van der Waals surface area (Å²) in [5.41, 5.74) is 2.06. The molecule has 190 valence electrons. The standard InChI is InChI=1S/C26H34F3N5O/c1-20-5-7-24(8-6-20)33-12-3-10-32(14-15-33)13-9-25(35)34-11-2-4-22(19-34)31-23-16-21(17-30-18-23)26(27,28)29/h5-8,16-18,22,31H,2-4,9-15,19H2,1H3/t22-/m0/s1. The number of nitrogens with one attached hydrogen (secondary N) is 1. The average Bonchev–Trinajstić information content (AvgIpc) is 3.09. The Kier molecular flexibility index (Phi) is 8.15. The Balaban J connectivity index is 1.24. The van der Waals surface area contributed by atoms with Crippen molar-refractivity contribution in [3.05, 3.63) is 53.9 Å². The number of aromatic nitrogens is 1. The lowest BCUT2D eigenvalue weighted by Crippen LogP contribution is -2.46. The van der Waals surface area contributed by atoms with Crippen LogP contribution in [-0.4, -0.2) is 72.5 Å². The molecular formula is C26H34F3N5O. The SMILES string of the molecule is Cc1ccc(N2CCCN(CCC(=O)N3CCC[C@H](Nc4cncc(C(F)(F)F)c4)C3)CC2)cc1. The third kappa shape index (κ3) is 7.10. The minimum absolute atomic E-state index is 0.0840. The first-order chi connectivity index (χ1) is 16.8. The number of carbonyl (C=O) groups excluding carboxylic acids is 1. The predicted octanol–water partition coefficient (Wildman–Crippen LogP) is 4.41. The van der Waals surface area contributed by atoms with Crippen molar-refractivity contribution in [2.24, 2.45) is 0 Å². The first-order valence-corrected chi connectivity index (χ1v) is 12.4. The first-order valence-electron chi connectivity index (χ1n) is 12.4. The van der Waals surface area contributed by atoms with E-state index in [-0.39, 0.29) is 11.9 Å². The molecule has 35 heavy (non-hydrogen) atoms. The second kappa shape index (κ2) is 11.3. The Bertz CT molecular complexity index is 982. The van der Waals surface area contributed by atoms with E-state index in [2.05, 4.69) is 51.3 Å². The molecule has 2 aliphatic heterocycles. The number of nitrogens with zero attached hydrogens (tertiary/aromatic N) is 4. The molecule has 4 rings (SSSR count). The highest BCUT2D eigenvalue weighted by Crippen LogP contribution is 2.30. The summed E-state index contributed by atoms with van der Waals surface area (Å²) in [4.78, 5) is 23.3. The van der Waals surface area contributed by atoms with Gasteiger partial charge in [-0.1, -0.05) is 17.7 Å². The minimum Gasteiger partial charge on any atom is -0.379 e. The molecule has 1 atom stereocenters. The van der Waals surface area contributed by atoms with Gasteiger partial charge in [-0.15, -0.1) is 0 Å². The van der Waals surface area contributed by atoms with Crippen LogP contribution in [0.3, 0.4) is 0 Å². The van der Waals surface area contributed by atoms with Crippen LogP contribution in [0.15, 0.2) is 42.7 Å².